The summed E-state index contributed by atoms with van der Waals surface area (Å²) < 4.78 is 4.92. The lowest BCUT2D eigenvalue weighted by Crippen LogP contribution is -2.26. The summed E-state index contributed by atoms with van der Waals surface area (Å²) in [6.07, 6.45) is 0.0449. The number of fused-ring (bicyclic) bond motifs is 1. The van der Waals surface area contributed by atoms with Crippen LogP contribution < -0.4 is 16.2 Å². The molecule has 0 unspecified atom stereocenters. The first kappa shape index (κ1) is 10.3. The third kappa shape index (κ3) is 1.91. The molecule has 2 rings (SSSR count). The van der Waals surface area contributed by atoms with Gasteiger partial charge in [0.05, 0.1) is 0 Å². The maximum Gasteiger partial charge on any atom is 0.410 e. The number of primary amides is 1. The first-order chi connectivity index (χ1) is 7.08. The van der Waals surface area contributed by atoms with Crippen molar-refractivity contribution < 1.29 is 9.53 Å². The number of likely N-dealkylation sites (N-methyl/N-ethyl adjacent to an activating group) is 1. The van der Waals surface area contributed by atoms with E-state index in [1.54, 1.807) is 0 Å². The van der Waals surface area contributed by atoms with Crippen molar-refractivity contribution in [2.45, 2.75) is 13.0 Å². The molecule has 1 aliphatic rings. The van der Waals surface area contributed by atoms with Crippen LogP contribution in [0.1, 0.15) is 10.4 Å². The van der Waals surface area contributed by atoms with Gasteiger partial charge in [-0.3, -0.25) is 0 Å². The SMILES string of the molecule is CN1CCc2c(sc(N)c2OC(N)=O)C1. The average Bonchev–Trinajstić information content (AvgIpc) is 2.41. The summed E-state index contributed by atoms with van der Waals surface area (Å²) in [4.78, 5) is 14.1. The van der Waals surface area contributed by atoms with Crippen LogP contribution in [0.3, 0.4) is 0 Å². The minimum Gasteiger partial charge on any atom is -0.407 e. The van der Waals surface area contributed by atoms with Gasteiger partial charge in [0.15, 0.2) is 5.75 Å². The zero-order valence-electron chi connectivity index (χ0n) is 8.45. The average molecular weight is 227 g/mol. The molecule has 0 aliphatic carbocycles. The molecule has 0 radical (unpaired) electrons. The predicted octanol–water partition coefficient (Wildman–Crippen LogP) is 0.776. The van der Waals surface area contributed by atoms with Gasteiger partial charge in [-0.25, -0.2) is 4.79 Å². The first-order valence-corrected chi connectivity index (χ1v) is 5.45. The van der Waals surface area contributed by atoms with Crippen molar-refractivity contribution in [3.05, 3.63) is 10.4 Å². The third-order valence-electron chi connectivity index (χ3n) is 2.43. The number of nitrogen functional groups attached to an aromatic ring is 1. The number of thiophene rings is 1. The van der Waals surface area contributed by atoms with E-state index in [0.29, 0.717) is 10.8 Å². The number of carbonyl (C=O) groups excluding carboxylic acids is 1. The number of hydrogen-bond donors (Lipinski definition) is 2. The van der Waals surface area contributed by atoms with Gasteiger partial charge in [0, 0.05) is 23.5 Å². The maximum atomic E-state index is 10.7. The lowest BCUT2D eigenvalue weighted by atomic mass is 10.1. The number of hydrogen-bond acceptors (Lipinski definition) is 5. The summed E-state index contributed by atoms with van der Waals surface area (Å²) >= 11 is 1.47. The minimum atomic E-state index is -0.804. The number of carbonyl (C=O) groups is 1. The Balaban J connectivity index is 2.35. The third-order valence-corrected chi connectivity index (χ3v) is 3.45. The summed E-state index contributed by atoms with van der Waals surface area (Å²) in [7, 11) is 2.05. The molecule has 82 valence electrons. The maximum absolute atomic E-state index is 10.7. The lowest BCUT2D eigenvalue weighted by Gasteiger charge is -2.22. The molecule has 0 fully saturated rings. The summed E-state index contributed by atoms with van der Waals surface area (Å²) in [6.45, 7) is 1.80. The number of ether oxygens (including phenoxy) is 1. The van der Waals surface area contributed by atoms with Crippen molar-refractivity contribution in [2.24, 2.45) is 5.73 Å². The van der Waals surface area contributed by atoms with Crippen LogP contribution in [0, 0.1) is 0 Å². The Labute approximate surface area is 91.6 Å². The molecule has 6 heteroatoms. The van der Waals surface area contributed by atoms with Crippen LogP contribution >= 0.6 is 11.3 Å². The summed E-state index contributed by atoms with van der Waals surface area (Å²) in [5.74, 6) is 0.468. The van der Waals surface area contributed by atoms with Gasteiger partial charge in [-0.2, -0.15) is 0 Å². The van der Waals surface area contributed by atoms with Crippen LogP contribution in [-0.2, 0) is 13.0 Å². The van der Waals surface area contributed by atoms with Crippen molar-refractivity contribution in [3.63, 3.8) is 0 Å². The lowest BCUT2D eigenvalue weighted by molar-refractivity contribution is 0.210. The molecule has 15 heavy (non-hydrogen) atoms. The van der Waals surface area contributed by atoms with E-state index in [1.807, 2.05) is 7.05 Å². The van der Waals surface area contributed by atoms with E-state index < -0.39 is 6.09 Å². The number of nitrogens with two attached hydrogens (primary N) is 2. The van der Waals surface area contributed by atoms with Crippen molar-refractivity contribution in [1.82, 2.24) is 4.90 Å². The molecule has 2 heterocycles. The molecule has 5 nitrogen and oxygen atoms in total. The number of anilines is 1. The smallest absolute Gasteiger partial charge is 0.407 e. The fourth-order valence-electron chi connectivity index (χ4n) is 1.74. The van der Waals surface area contributed by atoms with Crippen LogP contribution in [0.5, 0.6) is 5.75 Å². The van der Waals surface area contributed by atoms with Gasteiger partial charge in [0.2, 0.25) is 0 Å². The first-order valence-electron chi connectivity index (χ1n) is 4.63. The van der Waals surface area contributed by atoms with Crippen LogP contribution in [0.15, 0.2) is 0 Å². The Morgan fingerprint density at radius 2 is 2.33 bits per heavy atom. The molecule has 0 saturated carbocycles. The van der Waals surface area contributed by atoms with E-state index in [2.05, 4.69) is 4.90 Å². The highest BCUT2D eigenvalue weighted by atomic mass is 32.1. The number of rotatable bonds is 1. The quantitative estimate of drug-likeness (QED) is 0.742. The standard InChI is InChI=1S/C9H13N3O2S/c1-12-3-2-5-6(4-12)15-8(10)7(5)14-9(11)13/h2-4,10H2,1H3,(H2,11,13). The van der Waals surface area contributed by atoms with Gasteiger partial charge in [0.25, 0.3) is 0 Å². The fraction of sp³-hybridized carbons (Fsp3) is 0.444. The van der Waals surface area contributed by atoms with E-state index in [0.717, 1.165) is 30.0 Å². The predicted molar refractivity (Wildman–Crippen MR) is 59.0 cm³/mol. The summed E-state index contributed by atoms with van der Waals surface area (Å²) in [6, 6.07) is 0. The zero-order chi connectivity index (χ0) is 11.0. The minimum absolute atomic E-state index is 0.468. The van der Waals surface area contributed by atoms with Gasteiger partial charge in [0.1, 0.15) is 5.00 Å². The van der Waals surface area contributed by atoms with Gasteiger partial charge in [-0.05, 0) is 13.5 Å². The molecule has 0 bridgehead atoms. The molecule has 1 aromatic heterocycles. The Bertz CT molecular complexity index is 402. The Morgan fingerprint density at radius 1 is 1.60 bits per heavy atom. The molecule has 1 aromatic rings. The van der Waals surface area contributed by atoms with E-state index in [9.17, 15) is 4.79 Å². The van der Waals surface area contributed by atoms with Crippen LogP contribution in [0.25, 0.3) is 0 Å². The molecule has 0 spiro atoms. The van der Waals surface area contributed by atoms with Crippen LogP contribution in [0.4, 0.5) is 9.80 Å². The Morgan fingerprint density at radius 3 is 3.00 bits per heavy atom. The van der Waals surface area contributed by atoms with Crippen molar-refractivity contribution in [2.75, 3.05) is 19.3 Å². The van der Waals surface area contributed by atoms with Crippen molar-refractivity contribution in [3.8, 4) is 5.75 Å². The van der Waals surface area contributed by atoms with Gasteiger partial charge >= 0.3 is 6.09 Å². The Hall–Kier alpha value is -1.27. The van der Waals surface area contributed by atoms with Crippen molar-refractivity contribution >= 4 is 22.4 Å². The van der Waals surface area contributed by atoms with Gasteiger partial charge in [-0.1, -0.05) is 0 Å². The van der Waals surface area contributed by atoms with E-state index in [1.165, 1.54) is 11.3 Å². The zero-order valence-corrected chi connectivity index (χ0v) is 9.26. The second-order valence-corrected chi connectivity index (χ2v) is 4.74. The molecule has 4 N–H and O–H groups in total. The fourth-order valence-corrected chi connectivity index (χ4v) is 2.86. The summed E-state index contributed by atoms with van der Waals surface area (Å²) in [5.41, 5.74) is 11.8. The van der Waals surface area contributed by atoms with E-state index in [-0.39, 0.29) is 0 Å². The second kappa shape index (κ2) is 3.71. The van der Waals surface area contributed by atoms with Crippen molar-refractivity contribution in [1.29, 1.82) is 0 Å². The topological polar surface area (TPSA) is 81.6 Å². The van der Waals surface area contributed by atoms with E-state index in [4.69, 9.17) is 16.2 Å². The van der Waals surface area contributed by atoms with Gasteiger partial charge < -0.3 is 21.1 Å². The molecule has 0 saturated heterocycles. The molecule has 1 amide bonds. The number of nitrogens with zero attached hydrogens (tertiary/aromatic N) is 1. The highest BCUT2D eigenvalue weighted by Gasteiger charge is 2.23. The number of amides is 1. The molecule has 0 aromatic carbocycles. The molecular weight excluding hydrogens is 214 g/mol. The largest absolute Gasteiger partial charge is 0.410 e. The van der Waals surface area contributed by atoms with Crippen LogP contribution in [-0.4, -0.2) is 24.6 Å². The molecule has 1 aliphatic heterocycles. The van der Waals surface area contributed by atoms with E-state index >= 15 is 0 Å². The monoisotopic (exact) mass is 227 g/mol. The summed E-state index contributed by atoms with van der Waals surface area (Å²) in [5, 5.41) is 0.536. The molecule has 0 atom stereocenters. The van der Waals surface area contributed by atoms with Gasteiger partial charge in [-0.15, -0.1) is 11.3 Å². The van der Waals surface area contributed by atoms with Crippen LogP contribution in [0.2, 0.25) is 0 Å². The highest BCUT2D eigenvalue weighted by molar-refractivity contribution is 7.16. The molecular formula is C9H13N3O2S. The second-order valence-electron chi connectivity index (χ2n) is 3.61. The normalized spacial score (nSPS) is 16.1. The highest BCUT2D eigenvalue weighted by Crippen LogP contribution is 2.40. The Kier molecular flexibility index (Phi) is 2.54.